The highest BCUT2D eigenvalue weighted by molar-refractivity contribution is 7.09. The minimum absolute atomic E-state index is 0.0662. The van der Waals surface area contributed by atoms with Crippen molar-refractivity contribution in [2.24, 2.45) is 0 Å². The van der Waals surface area contributed by atoms with E-state index in [2.05, 4.69) is 22.0 Å². The van der Waals surface area contributed by atoms with E-state index in [0.29, 0.717) is 5.69 Å². The van der Waals surface area contributed by atoms with Gasteiger partial charge >= 0.3 is 0 Å². The average Bonchev–Trinajstić information content (AvgIpc) is 2.94. The number of nitrogens with zero attached hydrogens (tertiary/aromatic N) is 3. The average molecular weight is 287 g/mol. The van der Waals surface area contributed by atoms with E-state index in [9.17, 15) is 4.79 Å². The van der Waals surface area contributed by atoms with Crippen molar-refractivity contribution in [2.75, 3.05) is 31.1 Å². The molecule has 0 radical (unpaired) electrons. The predicted molar refractivity (Wildman–Crippen MR) is 81.4 cm³/mol. The van der Waals surface area contributed by atoms with Crippen LogP contribution in [-0.4, -0.2) is 42.0 Å². The number of piperazine rings is 1. The summed E-state index contributed by atoms with van der Waals surface area (Å²) in [6.45, 7) is 5.21. The Bertz CT molecular complexity index is 588. The smallest absolute Gasteiger partial charge is 0.273 e. The molecule has 1 aliphatic heterocycles. The van der Waals surface area contributed by atoms with E-state index in [0.717, 1.165) is 31.1 Å². The Hall–Kier alpha value is -1.88. The number of benzene rings is 1. The highest BCUT2D eigenvalue weighted by Crippen LogP contribution is 2.18. The highest BCUT2D eigenvalue weighted by atomic mass is 32.1. The van der Waals surface area contributed by atoms with Crippen molar-refractivity contribution in [3.8, 4) is 0 Å². The van der Waals surface area contributed by atoms with Crippen LogP contribution in [0.2, 0.25) is 0 Å². The van der Waals surface area contributed by atoms with Crippen LogP contribution in [0.3, 0.4) is 0 Å². The molecular weight excluding hydrogens is 270 g/mol. The number of aromatic nitrogens is 1. The second-order valence-corrected chi connectivity index (χ2v) is 5.93. The standard InChI is InChI=1S/C15H17N3OS/c1-12-14(16-11-20-12)15(19)18-9-7-17(8-10-18)13-5-3-2-4-6-13/h2-6,11H,7-10H2,1H3. The zero-order valence-corrected chi connectivity index (χ0v) is 12.3. The first-order valence-electron chi connectivity index (χ1n) is 6.75. The Labute approximate surface area is 122 Å². The van der Waals surface area contributed by atoms with Crippen LogP contribution in [0.15, 0.2) is 35.8 Å². The number of carbonyl (C=O) groups excluding carboxylic acids is 1. The number of aryl methyl sites for hydroxylation is 1. The molecule has 2 heterocycles. The van der Waals surface area contributed by atoms with Crippen LogP contribution < -0.4 is 4.90 Å². The molecule has 0 atom stereocenters. The minimum atomic E-state index is 0.0662. The molecule has 1 aliphatic rings. The third kappa shape index (κ3) is 2.54. The lowest BCUT2D eigenvalue weighted by molar-refractivity contribution is 0.0741. The van der Waals surface area contributed by atoms with Crippen molar-refractivity contribution in [3.05, 3.63) is 46.4 Å². The second kappa shape index (κ2) is 5.63. The van der Waals surface area contributed by atoms with Gasteiger partial charge in [-0.15, -0.1) is 11.3 Å². The number of amides is 1. The van der Waals surface area contributed by atoms with Gasteiger partial charge in [-0.1, -0.05) is 18.2 Å². The van der Waals surface area contributed by atoms with Gasteiger partial charge in [0, 0.05) is 36.7 Å². The highest BCUT2D eigenvalue weighted by Gasteiger charge is 2.24. The Morgan fingerprint density at radius 1 is 1.15 bits per heavy atom. The number of para-hydroxylation sites is 1. The van der Waals surface area contributed by atoms with Crippen LogP contribution in [0, 0.1) is 6.92 Å². The van der Waals surface area contributed by atoms with Crippen molar-refractivity contribution in [1.29, 1.82) is 0 Å². The van der Waals surface area contributed by atoms with Gasteiger partial charge in [-0.05, 0) is 19.1 Å². The zero-order chi connectivity index (χ0) is 13.9. The van der Waals surface area contributed by atoms with E-state index in [1.165, 1.54) is 17.0 Å². The maximum Gasteiger partial charge on any atom is 0.273 e. The van der Waals surface area contributed by atoms with Crippen molar-refractivity contribution in [3.63, 3.8) is 0 Å². The summed E-state index contributed by atoms with van der Waals surface area (Å²) in [4.78, 5) is 21.8. The molecule has 0 aliphatic carbocycles. The molecule has 0 spiro atoms. The van der Waals surface area contributed by atoms with Crippen molar-refractivity contribution >= 4 is 22.9 Å². The molecule has 1 aromatic carbocycles. The number of carbonyl (C=O) groups is 1. The molecule has 2 aromatic rings. The summed E-state index contributed by atoms with van der Waals surface area (Å²) in [7, 11) is 0. The predicted octanol–water partition coefficient (Wildman–Crippen LogP) is 2.41. The summed E-state index contributed by atoms with van der Waals surface area (Å²) in [6, 6.07) is 10.3. The maximum atomic E-state index is 12.4. The molecule has 1 fully saturated rings. The van der Waals surface area contributed by atoms with Crippen LogP contribution in [-0.2, 0) is 0 Å². The summed E-state index contributed by atoms with van der Waals surface area (Å²) < 4.78 is 0. The van der Waals surface area contributed by atoms with Crippen LogP contribution >= 0.6 is 11.3 Å². The van der Waals surface area contributed by atoms with Gasteiger partial charge in [-0.2, -0.15) is 0 Å². The first-order valence-corrected chi connectivity index (χ1v) is 7.63. The van der Waals surface area contributed by atoms with E-state index >= 15 is 0 Å². The molecule has 1 aromatic heterocycles. The largest absolute Gasteiger partial charge is 0.368 e. The fraction of sp³-hybridized carbons (Fsp3) is 0.333. The first kappa shape index (κ1) is 13.1. The van der Waals surface area contributed by atoms with E-state index in [1.54, 1.807) is 5.51 Å². The molecular formula is C15H17N3OS. The molecule has 4 nitrogen and oxygen atoms in total. The molecule has 5 heteroatoms. The number of hydrogen-bond acceptors (Lipinski definition) is 4. The monoisotopic (exact) mass is 287 g/mol. The van der Waals surface area contributed by atoms with Crippen LogP contribution in [0.1, 0.15) is 15.4 Å². The van der Waals surface area contributed by atoms with Gasteiger partial charge in [-0.3, -0.25) is 4.79 Å². The van der Waals surface area contributed by atoms with Crippen molar-refractivity contribution in [1.82, 2.24) is 9.88 Å². The number of hydrogen-bond donors (Lipinski definition) is 0. The lowest BCUT2D eigenvalue weighted by atomic mass is 10.2. The topological polar surface area (TPSA) is 36.4 Å². The van der Waals surface area contributed by atoms with Gasteiger partial charge in [0.2, 0.25) is 0 Å². The number of anilines is 1. The third-order valence-electron chi connectivity index (χ3n) is 3.64. The molecule has 1 amide bonds. The van der Waals surface area contributed by atoms with Crippen LogP contribution in [0.5, 0.6) is 0 Å². The molecule has 20 heavy (non-hydrogen) atoms. The summed E-state index contributed by atoms with van der Waals surface area (Å²) >= 11 is 1.53. The normalized spacial score (nSPS) is 15.4. The van der Waals surface area contributed by atoms with E-state index < -0.39 is 0 Å². The Morgan fingerprint density at radius 3 is 2.45 bits per heavy atom. The molecule has 104 valence electrons. The van der Waals surface area contributed by atoms with Crippen molar-refractivity contribution in [2.45, 2.75) is 6.92 Å². The fourth-order valence-corrected chi connectivity index (χ4v) is 3.03. The summed E-state index contributed by atoms with van der Waals surface area (Å²) in [5.74, 6) is 0.0662. The molecule has 0 bridgehead atoms. The summed E-state index contributed by atoms with van der Waals surface area (Å²) in [5.41, 5.74) is 3.58. The lowest BCUT2D eigenvalue weighted by Crippen LogP contribution is -2.49. The first-order chi connectivity index (χ1) is 9.75. The van der Waals surface area contributed by atoms with Gasteiger partial charge in [-0.25, -0.2) is 4.98 Å². The lowest BCUT2D eigenvalue weighted by Gasteiger charge is -2.35. The maximum absolute atomic E-state index is 12.4. The summed E-state index contributed by atoms with van der Waals surface area (Å²) in [6.07, 6.45) is 0. The molecule has 3 rings (SSSR count). The Balaban J connectivity index is 1.64. The molecule has 1 saturated heterocycles. The number of rotatable bonds is 2. The van der Waals surface area contributed by atoms with E-state index in [4.69, 9.17) is 0 Å². The number of thiazole rings is 1. The Morgan fingerprint density at radius 2 is 1.85 bits per heavy atom. The minimum Gasteiger partial charge on any atom is -0.368 e. The van der Waals surface area contributed by atoms with Gasteiger partial charge < -0.3 is 9.80 Å². The quantitative estimate of drug-likeness (QED) is 0.851. The fourth-order valence-electron chi connectivity index (χ4n) is 2.47. The second-order valence-electron chi connectivity index (χ2n) is 4.87. The van der Waals surface area contributed by atoms with E-state index in [1.807, 2.05) is 30.0 Å². The van der Waals surface area contributed by atoms with Gasteiger partial charge in [0.25, 0.3) is 5.91 Å². The molecule has 0 unspecified atom stereocenters. The third-order valence-corrected chi connectivity index (χ3v) is 4.39. The van der Waals surface area contributed by atoms with Gasteiger partial charge in [0.1, 0.15) is 5.69 Å². The summed E-state index contributed by atoms with van der Waals surface area (Å²) in [5, 5.41) is 0. The van der Waals surface area contributed by atoms with Crippen molar-refractivity contribution < 1.29 is 4.79 Å². The van der Waals surface area contributed by atoms with Crippen LogP contribution in [0.4, 0.5) is 5.69 Å². The Kier molecular flexibility index (Phi) is 3.69. The van der Waals surface area contributed by atoms with Gasteiger partial charge in [0.05, 0.1) is 5.51 Å². The zero-order valence-electron chi connectivity index (χ0n) is 11.5. The molecule has 0 saturated carbocycles. The van der Waals surface area contributed by atoms with Gasteiger partial charge in [0.15, 0.2) is 0 Å². The van der Waals surface area contributed by atoms with Crippen LogP contribution in [0.25, 0.3) is 0 Å². The SMILES string of the molecule is Cc1scnc1C(=O)N1CCN(c2ccccc2)CC1. The van der Waals surface area contributed by atoms with E-state index in [-0.39, 0.29) is 5.91 Å². The molecule has 0 N–H and O–H groups in total.